The zero-order chi connectivity index (χ0) is 21.0. The van der Waals surface area contributed by atoms with Crippen molar-refractivity contribution in [3.8, 4) is 11.1 Å². The standard InChI is InChI=1S/C19H15FN2O5S2/c1-21-19(24)27-11-13-9-16(15-6-3-7-22-17(15)20)18(28-13)29(25,26)14-5-2-4-12(8-14)10-23/h2-10H,11H2,1H3,(H,21,24). The van der Waals surface area contributed by atoms with Crippen LogP contribution in [0.4, 0.5) is 9.18 Å². The second-order valence-corrected chi connectivity index (χ2v) is 9.06. The highest BCUT2D eigenvalue weighted by Crippen LogP contribution is 2.39. The Labute approximate surface area is 170 Å². The molecule has 3 rings (SSSR count). The Balaban J connectivity index is 2.15. The number of nitrogens with one attached hydrogen (secondary N) is 1. The quantitative estimate of drug-likeness (QED) is 0.471. The third-order valence-corrected chi connectivity index (χ3v) is 7.29. The van der Waals surface area contributed by atoms with Crippen LogP contribution in [0, 0.1) is 5.95 Å². The first-order valence-electron chi connectivity index (χ1n) is 8.25. The second kappa shape index (κ2) is 8.50. The molecule has 3 aromatic rings. The van der Waals surface area contributed by atoms with Gasteiger partial charge in [-0.15, -0.1) is 11.3 Å². The molecule has 2 heterocycles. The summed E-state index contributed by atoms with van der Waals surface area (Å²) in [5.41, 5.74) is 0.299. The van der Waals surface area contributed by atoms with E-state index in [9.17, 15) is 22.4 Å². The molecule has 2 aromatic heterocycles. The van der Waals surface area contributed by atoms with Crippen molar-refractivity contribution >= 4 is 33.6 Å². The number of rotatable bonds is 6. The Kier molecular flexibility index (Phi) is 6.04. The number of aldehydes is 1. The van der Waals surface area contributed by atoms with Gasteiger partial charge in [-0.25, -0.2) is 18.2 Å². The van der Waals surface area contributed by atoms with E-state index in [2.05, 4.69) is 10.3 Å². The Morgan fingerprint density at radius 1 is 1.24 bits per heavy atom. The molecule has 0 aliphatic rings. The Morgan fingerprint density at radius 3 is 2.72 bits per heavy atom. The minimum Gasteiger partial charge on any atom is -0.444 e. The molecule has 10 heteroatoms. The summed E-state index contributed by atoms with van der Waals surface area (Å²) in [6.45, 7) is -0.191. The van der Waals surface area contributed by atoms with Crippen LogP contribution in [0.25, 0.3) is 11.1 Å². The predicted octanol–water partition coefficient (Wildman–Crippen LogP) is 3.45. The molecule has 150 valence electrons. The highest BCUT2D eigenvalue weighted by molar-refractivity contribution is 7.93. The van der Waals surface area contributed by atoms with Gasteiger partial charge in [-0.2, -0.15) is 4.39 Å². The number of thiophene rings is 1. The molecule has 0 radical (unpaired) electrons. The van der Waals surface area contributed by atoms with Gasteiger partial charge in [0.2, 0.25) is 15.8 Å². The number of halogens is 1. The lowest BCUT2D eigenvalue weighted by Gasteiger charge is -2.07. The number of hydrogen-bond acceptors (Lipinski definition) is 7. The summed E-state index contributed by atoms with van der Waals surface area (Å²) in [5, 5.41) is 2.29. The van der Waals surface area contributed by atoms with Crippen molar-refractivity contribution in [2.24, 2.45) is 0 Å². The molecule has 0 atom stereocenters. The molecule has 0 saturated heterocycles. The number of nitrogens with zero attached hydrogens (tertiary/aromatic N) is 1. The molecule has 0 spiro atoms. The number of sulfone groups is 1. The molecule has 0 unspecified atom stereocenters. The van der Waals surface area contributed by atoms with Crippen LogP contribution in [-0.2, 0) is 21.2 Å². The maximum atomic E-state index is 14.3. The van der Waals surface area contributed by atoms with Gasteiger partial charge in [0.15, 0.2) is 0 Å². The van der Waals surface area contributed by atoms with E-state index in [1.165, 1.54) is 55.7 Å². The molecule has 0 aliphatic carbocycles. The molecule has 7 nitrogen and oxygen atoms in total. The van der Waals surface area contributed by atoms with Crippen molar-refractivity contribution in [1.82, 2.24) is 10.3 Å². The van der Waals surface area contributed by atoms with Gasteiger partial charge in [0.05, 0.1) is 4.90 Å². The fraction of sp³-hybridized carbons (Fsp3) is 0.105. The number of amides is 1. The molecule has 1 amide bonds. The van der Waals surface area contributed by atoms with Gasteiger partial charge >= 0.3 is 6.09 Å². The predicted molar refractivity (Wildman–Crippen MR) is 104 cm³/mol. The monoisotopic (exact) mass is 434 g/mol. The number of carbonyl (C=O) groups is 2. The molecule has 29 heavy (non-hydrogen) atoms. The molecular formula is C19H15FN2O5S2. The fourth-order valence-corrected chi connectivity index (χ4v) is 5.62. The van der Waals surface area contributed by atoms with Crippen LogP contribution in [0.5, 0.6) is 0 Å². The second-order valence-electron chi connectivity index (χ2n) is 5.78. The zero-order valence-electron chi connectivity index (χ0n) is 15.1. The summed E-state index contributed by atoms with van der Waals surface area (Å²) in [6.07, 6.45) is 1.11. The molecule has 1 aromatic carbocycles. The van der Waals surface area contributed by atoms with E-state index in [1.807, 2.05) is 0 Å². The topological polar surface area (TPSA) is 102 Å². The van der Waals surface area contributed by atoms with Gasteiger partial charge in [0.25, 0.3) is 0 Å². The molecule has 0 saturated carbocycles. The normalized spacial score (nSPS) is 11.1. The maximum Gasteiger partial charge on any atom is 0.407 e. The van der Waals surface area contributed by atoms with Crippen LogP contribution >= 0.6 is 11.3 Å². The van der Waals surface area contributed by atoms with Crippen molar-refractivity contribution in [1.29, 1.82) is 0 Å². The highest BCUT2D eigenvalue weighted by atomic mass is 32.2. The van der Waals surface area contributed by atoms with E-state index in [4.69, 9.17) is 4.74 Å². The molecule has 0 bridgehead atoms. The zero-order valence-corrected chi connectivity index (χ0v) is 16.7. The van der Waals surface area contributed by atoms with E-state index < -0.39 is 21.9 Å². The lowest BCUT2D eigenvalue weighted by Crippen LogP contribution is -2.18. The van der Waals surface area contributed by atoms with Gasteiger partial charge in [-0.1, -0.05) is 12.1 Å². The maximum absolute atomic E-state index is 14.3. The Morgan fingerprint density at radius 2 is 2.03 bits per heavy atom. The molecular weight excluding hydrogens is 419 g/mol. The van der Waals surface area contributed by atoms with Crippen LogP contribution in [0.1, 0.15) is 15.2 Å². The summed E-state index contributed by atoms with van der Waals surface area (Å²) in [4.78, 5) is 26.2. The minimum absolute atomic E-state index is 0.0000556. The summed E-state index contributed by atoms with van der Waals surface area (Å²) in [6, 6.07) is 9.87. The molecule has 0 aliphatic heterocycles. The number of carbonyl (C=O) groups excluding carboxylic acids is 2. The first kappa shape index (κ1) is 20.6. The van der Waals surface area contributed by atoms with Crippen LogP contribution in [0.2, 0.25) is 0 Å². The van der Waals surface area contributed by atoms with Crippen LogP contribution in [-0.4, -0.2) is 32.8 Å². The number of alkyl carbamates (subject to hydrolysis) is 1. The number of hydrogen-bond donors (Lipinski definition) is 1. The number of ether oxygens (including phenoxy) is 1. The van der Waals surface area contributed by atoms with Gasteiger partial charge in [-0.3, -0.25) is 4.79 Å². The van der Waals surface area contributed by atoms with Crippen molar-refractivity contribution in [3.05, 3.63) is 65.0 Å². The van der Waals surface area contributed by atoms with Crippen molar-refractivity contribution in [2.75, 3.05) is 7.05 Å². The average molecular weight is 434 g/mol. The Hall–Kier alpha value is -3.11. The van der Waals surface area contributed by atoms with Crippen LogP contribution in [0.3, 0.4) is 0 Å². The van der Waals surface area contributed by atoms with Gasteiger partial charge in [0, 0.05) is 34.8 Å². The van der Waals surface area contributed by atoms with E-state index >= 15 is 0 Å². The van der Waals surface area contributed by atoms with E-state index in [0.717, 1.165) is 11.3 Å². The summed E-state index contributed by atoms with van der Waals surface area (Å²) >= 11 is 0.855. The third-order valence-electron chi connectivity index (χ3n) is 3.90. The average Bonchev–Trinajstić information content (AvgIpc) is 3.17. The van der Waals surface area contributed by atoms with Gasteiger partial charge < -0.3 is 10.1 Å². The van der Waals surface area contributed by atoms with Gasteiger partial charge in [-0.05, 0) is 30.3 Å². The minimum atomic E-state index is -4.08. The third kappa shape index (κ3) is 4.33. The first-order valence-corrected chi connectivity index (χ1v) is 10.5. The number of aromatic nitrogens is 1. The summed E-state index contributed by atoms with van der Waals surface area (Å²) in [7, 11) is -2.69. The Bertz CT molecular complexity index is 1170. The molecule has 0 fully saturated rings. The smallest absolute Gasteiger partial charge is 0.407 e. The van der Waals surface area contributed by atoms with Crippen LogP contribution in [0.15, 0.2) is 57.8 Å². The van der Waals surface area contributed by atoms with Crippen molar-refractivity contribution in [2.45, 2.75) is 15.7 Å². The molecule has 1 N–H and O–H groups in total. The van der Waals surface area contributed by atoms with Crippen molar-refractivity contribution in [3.63, 3.8) is 0 Å². The first-order chi connectivity index (χ1) is 13.9. The summed E-state index contributed by atoms with van der Waals surface area (Å²) < 4.78 is 45.6. The fourth-order valence-electron chi connectivity index (χ4n) is 2.54. The lowest BCUT2D eigenvalue weighted by atomic mass is 10.1. The van der Waals surface area contributed by atoms with Gasteiger partial charge in [0.1, 0.15) is 17.1 Å². The number of benzene rings is 1. The largest absolute Gasteiger partial charge is 0.444 e. The summed E-state index contributed by atoms with van der Waals surface area (Å²) in [5.74, 6) is -0.831. The SMILES string of the molecule is CNC(=O)OCc1cc(-c2cccnc2F)c(S(=O)(=O)c2cccc(C=O)c2)s1. The number of pyridine rings is 1. The van der Waals surface area contributed by atoms with Crippen molar-refractivity contribution < 1.29 is 27.1 Å². The lowest BCUT2D eigenvalue weighted by molar-refractivity contribution is 0.112. The van der Waals surface area contributed by atoms with E-state index in [1.54, 1.807) is 0 Å². The highest BCUT2D eigenvalue weighted by Gasteiger charge is 2.27. The van der Waals surface area contributed by atoms with Crippen LogP contribution < -0.4 is 5.32 Å². The van der Waals surface area contributed by atoms with E-state index in [0.29, 0.717) is 11.2 Å². The van der Waals surface area contributed by atoms with E-state index in [-0.39, 0.29) is 32.4 Å².